The number of benzene rings is 3. The lowest BCUT2D eigenvalue weighted by molar-refractivity contribution is -0.253. The van der Waals surface area contributed by atoms with E-state index >= 15 is 0 Å². The molecule has 262 valence electrons. The minimum absolute atomic E-state index is 0.0160. The standard InChI is InChI=1S/C39H51N5O5/c40-34-8-1-2-9-35(34)42-38(47)11-5-10-37(46)41-24-28-12-18-31(19-13-28)39-48-33(23-36(49-39)30-16-14-29(27-45)15-17-30)26-44-22-6-7-32(44)25-43-20-3-4-21-43/h1-2,8-9,12-19,32-33,36,39,45H,3-7,10-11,20-27,40H2,(H,41,46)(H,42,47)/t32-,33-,36+,39+/m0/s1. The van der Waals surface area contributed by atoms with Gasteiger partial charge in [-0.1, -0.05) is 60.7 Å². The summed E-state index contributed by atoms with van der Waals surface area (Å²) in [6, 6.07) is 23.8. The molecule has 6 rings (SSSR count). The van der Waals surface area contributed by atoms with Gasteiger partial charge >= 0.3 is 0 Å². The highest BCUT2D eigenvalue weighted by molar-refractivity contribution is 5.93. The van der Waals surface area contributed by atoms with Crippen LogP contribution >= 0.6 is 0 Å². The van der Waals surface area contributed by atoms with Gasteiger partial charge in [0.05, 0.1) is 30.2 Å². The van der Waals surface area contributed by atoms with Gasteiger partial charge in [0.15, 0.2) is 6.29 Å². The fraction of sp³-hybridized carbons (Fsp3) is 0.487. The molecule has 10 heteroatoms. The maximum absolute atomic E-state index is 12.5. The Bertz CT molecular complexity index is 1510. The molecule has 0 saturated carbocycles. The number of hydrogen-bond donors (Lipinski definition) is 4. The molecule has 3 aromatic carbocycles. The SMILES string of the molecule is Nc1ccccc1NC(=O)CCCC(=O)NCc1ccc([C@@H]2O[C@H](CN3CCC[C@H]3CN3CCCC3)C[C@H](c3ccc(CO)cc3)O2)cc1. The van der Waals surface area contributed by atoms with E-state index in [2.05, 4.69) is 32.6 Å². The molecule has 3 fully saturated rings. The maximum atomic E-state index is 12.5. The number of nitrogens with one attached hydrogen (secondary N) is 2. The minimum Gasteiger partial charge on any atom is -0.397 e. The van der Waals surface area contributed by atoms with Crippen LogP contribution in [0.4, 0.5) is 11.4 Å². The molecule has 0 unspecified atom stereocenters. The Morgan fingerprint density at radius 2 is 1.53 bits per heavy atom. The molecule has 10 nitrogen and oxygen atoms in total. The molecule has 3 aliphatic heterocycles. The lowest BCUT2D eigenvalue weighted by Gasteiger charge is -2.39. The van der Waals surface area contributed by atoms with E-state index in [0.29, 0.717) is 30.4 Å². The maximum Gasteiger partial charge on any atom is 0.224 e. The van der Waals surface area contributed by atoms with Gasteiger partial charge in [-0.15, -0.1) is 0 Å². The van der Waals surface area contributed by atoms with Crippen LogP contribution in [0, 0.1) is 0 Å². The second kappa shape index (κ2) is 17.2. The first-order valence-corrected chi connectivity index (χ1v) is 17.9. The molecule has 49 heavy (non-hydrogen) atoms. The first-order valence-electron chi connectivity index (χ1n) is 17.9. The highest BCUT2D eigenvalue weighted by Gasteiger charge is 2.36. The number of carbonyl (C=O) groups is 2. The van der Waals surface area contributed by atoms with E-state index in [1.807, 2.05) is 48.5 Å². The van der Waals surface area contributed by atoms with E-state index in [4.69, 9.17) is 15.2 Å². The highest BCUT2D eigenvalue weighted by Crippen LogP contribution is 2.39. The molecule has 3 aromatic rings. The number of aliphatic hydroxyl groups is 1. The van der Waals surface area contributed by atoms with Crippen LogP contribution in [-0.4, -0.2) is 71.6 Å². The largest absolute Gasteiger partial charge is 0.397 e. The fourth-order valence-electron chi connectivity index (χ4n) is 7.21. The van der Waals surface area contributed by atoms with Crippen molar-refractivity contribution in [3.63, 3.8) is 0 Å². The van der Waals surface area contributed by atoms with Crippen LogP contribution in [0.2, 0.25) is 0 Å². The van der Waals surface area contributed by atoms with Gasteiger partial charge in [0, 0.05) is 50.5 Å². The quantitative estimate of drug-likeness (QED) is 0.171. The van der Waals surface area contributed by atoms with Crippen LogP contribution < -0.4 is 16.4 Å². The number of para-hydroxylation sites is 2. The lowest BCUT2D eigenvalue weighted by Crippen LogP contribution is -2.45. The molecule has 4 atom stereocenters. The topological polar surface area (TPSA) is 129 Å². The number of nitrogens with two attached hydrogens (primary N) is 1. The van der Waals surface area contributed by atoms with Crippen molar-refractivity contribution in [2.45, 2.75) is 89.1 Å². The smallest absolute Gasteiger partial charge is 0.224 e. The number of rotatable bonds is 14. The van der Waals surface area contributed by atoms with Crippen molar-refractivity contribution in [2.24, 2.45) is 0 Å². The number of ether oxygens (including phenoxy) is 2. The average molecular weight is 670 g/mol. The van der Waals surface area contributed by atoms with E-state index in [1.165, 1.54) is 38.8 Å². The summed E-state index contributed by atoms with van der Waals surface area (Å²) < 4.78 is 13.3. The van der Waals surface area contributed by atoms with Gasteiger partial charge in [-0.3, -0.25) is 14.5 Å². The lowest BCUT2D eigenvalue weighted by atomic mass is 9.99. The number of amides is 2. The first-order chi connectivity index (χ1) is 23.9. The molecule has 0 bridgehead atoms. The van der Waals surface area contributed by atoms with Gasteiger partial charge in [-0.05, 0) is 80.6 Å². The molecule has 5 N–H and O–H groups in total. The molecule has 2 amide bonds. The fourth-order valence-corrected chi connectivity index (χ4v) is 7.21. The van der Waals surface area contributed by atoms with Crippen molar-refractivity contribution >= 4 is 23.2 Å². The van der Waals surface area contributed by atoms with Gasteiger partial charge in [0.2, 0.25) is 11.8 Å². The number of aliphatic hydroxyl groups excluding tert-OH is 1. The summed E-state index contributed by atoms with van der Waals surface area (Å²) in [5.41, 5.74) is 10.9. The van der Waals surface area contributed by atoms with Crippen LogP contribution in [0.15, 0.2) is 72.8 Å². The Kier molecular flexibility index (Phi) is 12.3. The molecule has 3 heterocycles. The molecule has 3 saturated heterocycles. The van der Waals surface area contributed by atoms with Crippen LogP contribution in [-0.2, 0) is 32.2 Å². The average Bonchev–Trinajstić information content (AvgIpc) is 3.81. The summed E-state index contributed by atoms with van der Waals surface area (Å²) in [7, 11) is 0. The summed E-state index contributed by atoms with van der Waals surface area (Å²) in [5, 5.41) is 15.3. The predicted octanol–water partition coefficient (Wildman–Crippen LogP) is 5.29. The Morgan fingerprint density at radius 1 is 0.816 bits per heavy atom. The Morgan fingerprint density at radius 3 is 2.29 bits per heavy atom. The summed E-state index contributed by atoms with van der Waals surface area (Å²) in [5.74, 6) is -0.264. The van der Waals surface area contributed by atoms with E-state index in [-0.39, 0.29) is 43.5 Å². The highest BCUT2D eigenvalue weighted by atomic mass is 16.7. The first kappa shape index (κ1) is 35.0. The monoisotopic (exact) mass is 669 g/mol. The van der Waals surface area contributed by atoms with E-state index in [0.717, 1.165) is 48.3 Å². The molecule has 0 aliphatic carbocycles. The zero-order chi connectivity index (χ0) is 34.0. The third kappa shape index (κ3) is 9.89. The third-order valence-electron chi connectivity index (χ3n) is 10.0. The van der Waals surface area contributed by atoms with Crippen LogP contribution in [0.5, 0.6) is 0 Å². The molecule has 0 aromatic heterocycles. The second-order valence-electron chi connectivity index (χ2n) is 13.7. The minimum atomic E-state index is -0.512. The van der Waals surface area contributed by atoms with Crippen molar-refractivity contribution in [3.8, 4) is 0 Å². The van der Waals surface area contributed by atoms with Gasteiger partial charge in [0.25, 0.3) is 0 Å². The van der Waals surface area contributed by atoms with Gasteiger partial charge in [0.1, 0.15) is 0 Å². The number of carbonyl (C=O) groups excluding carboxylic acids is 2. The second-order valence-corrected chi connectivity index (χ2v) is 13.7. The van der Waals surface area contributed by atoms with Gasteiger partial charge in [-0.2, -0.15) is 0 Å². The zero-order valence-corrected chi connectivity index (χ0v) is 28.4. The van der Waals surface area contributed by atoms with Crippen molar-refractivity contribution in [1.29, 1.82) is 0 Å². The summed E-state index contributed by atoms with van der Waals surface area (Å²) in [6.45, 7) is 5.99. The summed E-state index contributed by atoms with van der Waals surface area (Å²) in [4.78, 5) is 30.0. The van der Waals surface area contributed by atoms with E-state index in [9.17, 15) is 14.7 Å². The molecular formula is C39H51N5O5. The normalized spacial score (nSPS) is 23.0. The van der Waals surface area contributed by atoms with Crippen LogP contribution in [0.1, 0.15) is 86.0 Å². The Labute approximate surface area is 289 Å². The Hall–Kier alpha value is -3.80. The number of likely N-dealkylation sites (tertiary alicyclic amines) is 2. The van der Waals surface area contributed by atoms with E-state index in [1.54, 1.807) is 12.1 Å². The van der Waals surface area contributed by atoms with Crippen LogP contribution in [0.25, 0.3) is 0 Å². The van der Waals surface area contributed by atoms with Crippen molar-refractivity contribution in [2.75, 3.05) is 43.8 Å². The van der Waals surface area contributed by atoms with Crippen molar-refractivity contribution < 1.29 is 24.2 Å². The number of nitrogen functional groups attached to an aromatic ring is 1. The van der Waals surface area contributed by atoms with Crippen LogP contribution in [0.3, 0.4) is 0 Å². The number of anilines is 2. The molecule has 0 spiro atoms. The number of hydrogen-bond acceptors (Lipinski definition) is 8. The molecule has 3 aliphatic rings. The van der Waals surface area contributed by atoms with Crippen molar-refractivity contribution in [3.05, 3.63) is 95.1 Å². The molecule has 0 radical (unpaired) electrons. The number of nitrogens with zero attached hydrogens (tertiary/aromatic N) is 2. The summed E-state index contributed by atoms with van der Waals surface area (Å²) >= 11 is 0. The Balaban J connectivity index is 1.02. The van der Waals surface area contributed by atoms with Crippen molar-refractivity contribution in [1.82, 2.24) is 15.1 Å². The zero-order valence-electron chi connectivity index (χ0n) is 28.4. The summed E-state index contributed by atoms with van der Waals surface area (Å²) in [6.07, 6.45) is 6.20. The van der Waals surface area contributed by atoms with E-state index < -0.39 is 6.29 Å². The third-order valence-corrected chi connectivity index (χ3v) is 10.0. The molecular weight excluding hydrogens is 618 g/mol. The van der Waals surface area contributed by atoms with Gasteiger partial charge in [-0.25, -0.2) is 0 Å². The van der Waals surface area contributed by atoms with Gasteiger partial charge < -0.3 is 35.8 Å². The predicted molar refractivity (Wildman–Crippen MR) is 190 cm³/mol.